The molecule has 152 valence electrons. The van der Waals surface area contributed by atoms with Crippen molar-refractivity contribution in [3.8, 4) is 0 Å². The topological polar surface area (TPSA) is 52.7 Å². The second kappa shape index (κ2) is 7.99. The van der Waals surface area contributed by atoms with Crippen molar-refractivity contribution in [3.63, 3.8) is 0 Å². The number of hydrogen-bond acceptors (Lipinski definition) is 3. The van der Waals surface area contributed by atoms with Crippen LogP contribution >= 0.6 is 0 Å². The van der Waals surface area contributed by atoms with E-state index in [0.29, 0.717) is 19.5 Å². The fourth-order valence-electron chi connectivity index (χ4n) is 4.86. The van der Waals surface area contributed by atoms with Crippen molar-refractivity contribution in [2.75, 3.05) is 33.2 Å². The van der Waals surface area contributed by atoms with Gasteiger partial charge in [0, 0.05) is 45.2 Å². The monoisotopic (exact) mass is 391 g/mol. The molecule has 0 aliphatic carbocycles. The molecule has 0 radical (unpaired) electrons. The molecular weight excluding hydrogens is 362 g/mol. The first-order valence-electron chi connectivity index (χ1n) is 10.3. The van der Waals surface area contributed by atoms with Crippen molar-refractivity contribution >= 4 is 11.8 Å². The number of nitrogens with one attached hydrogen (secondary N) is 1. The van der Waals surface area contributed by atoms with Gasteiger partial charge in [-0.05, 0) is 23.6 Å². The summed E-state index contributed by atoms with van der Waals surface area (Å²) in [6.45, 7) is 5.82. The van der Waals surface area contributed by atoms with Crippen LogP contribution in [0, 0.1) is 18.3 Å². The SMILES string of the molecule is CNC(=O)C1CN(Cc2ccccc2)CC12CN(C(=O)Cc1ccccc1C)C2. The van der Waals surface area contributed by atoms with Gasteiger partial charge < -0.3 is 10.2 Å². The molecule has 5 nitrogen and oxygen atoms in total. The molecule has 0 saturated carbocycles. The van der Waals surface area contributed by atoms with Gasteiger partial charge in [0.25, 0.3) is 0 Å². The lowest BCUT2D eigenvalue weighted by Crippen LogP contribution is -2.64. The van der Waals surface area contributed by atoms with Crippen LogP contribution in [0.15, 0.2) is 54.6 Å². The van der Waals surface area contributed by atoms with Crippen LogP contribution in [-0.4, -0.2) is 54.8 Å². The predicted octanol–water partition coefficient (Wildman–Crippen LogP) is 2.24. The highest BCUT2D eigenvalue weighted by molar-refractivity contribution is 5.83. The van der Waals surface area contributed by atoms with Crippen LogP contribution in [0.1, 0.15) is 16.7 Å². The molecule has 2 saturated heterocycles. The average molecular weight is 392 g/mol. The lowest BCUT2D eigenvalue weighted by molar-refractivity contribution is -0.149. The van der Waals surface area contributed by atoms with E-state index in [9.17, 15) is 9.59 Å². The Balaban J connectivity index is 1.43. The van der Waals surface area contributed by atoms with Crippen LogP contribution < -0.4 is 5.32 Å². The van der Waals surface area contributed by atoms with Crippen molar-refractivity contribution in [2.24, 2.45) is 11.3 Å². The Morgan fingerprint density at radius 2 is 1.72 bits per heavy atom. The van der Waals surface area contributed by atoms with Crippen LogP contribution in [0.25, 0.3) is 0 Å². The Kier molecular flexibility index (Phi) is 5.41. The van der Waals surface area contributed by atoms with Crippen LogP contribution in [0.5, 0.6) is 0 Å². The number of likely N-dealkylation sites (tertiary alicyclic amines) is 2. The maximum atomic E-state index is 12.8. The lowest BCUT2D eigenvalue weighted by Gasteiger charge is -2.50. The molecule has 0 bridgehead atoms. The molecular formula is C24H29N3O2. The summed E-state index contributed by atoms with van der Waals surface area (Å²) in [4.78, 5) is 29.7. The van der Waals surface area contributed by atoms with E-state index >= 15 is 0 Å². The fraction of sp³-hybridized carbons (Fsp3) is 0.417. The molecule has 0 aromatic heterocycles. The van der Waals surface area contributed by atoms with Crippen molar-refractivity contribution < 1.29 is 9.59 Å². The van der Waals surface area contributed by atoms with Gasteiger partial charge in [-0.1, -0.05) is 54.6 Å². The summed E-state index contributed by atoms with van der Waals surface area (Å²) in [5, 5.41) is 2.84. The molecule has 4 rings (SSSR count). The van der Waals surface area contributed by atoms with Crippen LogP contribution in [0.3, 0.4) is 0 Å². The third-order valence-electron chi connectivity index (χ3n) is 6.50. The van der Waals surface area contributed by atoms with E-state index in [1.165, 1.54) is 5.56 Å². The van der Waals surface area contributed by atoms with Crippen LogP contribution in [0.2, 0.25) is 0 Å². The summed E-state index contributed by atoms with van der Waals surface area (Å²) >= 11 is 0. The second-order valence-corrected chi connectivity index (χ2v) is 8.54. The second-order valence-electron chi connectivity index (χ2n) is 8.54. The Morgan fingerprint density at radius 3 is 2.41 bits per heavy atom. The molecule has 2 aromatic rings. The minimum atomic E-state index is -0.129. The minimum Gasteiger partial charge on any atom is -0.359 e. The zero-order valence-corrected chi connectivity index (χ0v) is 17.2. The number of rotatable bonds is 5. The smallest absolute Gasteiger partial charge is 0.227 e. The number of amides is 2. The van der Waals surface area contributed by atoms with E-state index in [-0.39, 0.29) is 23.1 Å². The number of nitrogens with zero attached hydrogens (tertiary/aromatic N) is 2. The van der Waals surface area contributed by atoms with Gasteiger partial charge in [0.15, 0.2) is 0 Å². The molecule has 2 aromatic carbocycles. The highest BCUT2D eigenvalue weighted by Crippen LogP contribution is 2.44. The first kappa shape index (κ1) is 19.6. The Labute approximate surface area is 172 Å². The number of benzene rings is 2. The van der Waals surface area contributed by atoms with E-state index in [4.69, 9.17) is 0 Å². The average Bonchev–Trinajstić information content (AvgIpc) is 3.08. The maximum Gasteiger partial charge on any atom is 0.227 e. The third kappa shape index (κ3) is 3.92. The standard InChI is InChI=1S/C24H29N3O2/c1-18-8-6-7-11-20(18)12-22(28)27-16-24(17-27)15-26(14-21(24)23(29)25-2)13-19-9-4-3-5-10-19/h3-11,21H,12-17H2,1-2H3,(H,25,29). The van der Waals surface area contributed by atoms with Crippen molar-refractivity contribution in [1.82, 2.24) is 15.1 Å². The van der Waals surface area contributed by atoms with E-state index in [2.05, 4.69) is 22.3 Å². The van der Waals surface area contributed by atoms with Crippen molar-refractivity contribution in [1.29, 1.82) is 0 Å². The summed E-state index contributed by atoms with van der Waals surface area (Å²) < 4.78 is 0. The summed E-state index contributed by atoms with van der Waals surface area (Å²) in [7, 11) is 1.70. The molecule has 1 unspecified atom stereocenters. The van der Waals surface area contributed by atoms with Gasteiger partial charge in [0.2, 0.25) is 11.8 Å². The van der Waals surface area contributed by atoms with Gasteiger partial charge in [-0.3, -0.25) is 14.5 Å². The molecule has 2 aliphatic rings. The third-order valence-corrected chi connectivity index (χ3v) is 6.50. The Bertz CT molecular complexity index is 890. The quantitative estimate of drug-likeness (QED) is 0.851. The van der Waals surface area contributed by atoms with Gasteiger partial charge in [0.05, 0.1) is 12.3 Å². The normalized spacial score (nSPS) is 20.5. The molecule has 2 aliphatic heterocycles. The first-order valence-corrected chi connectivity index (χ1v) is 10.3. The van der Waals surface area contributed by atoms with Gasteiger partial charge in [0.1, 0.15) is 0 Å². The van der Waals surface area contributed by atoms with E-state index in [1.54, 1.807) is 7.05 Å². The van der Waals surface area contributed by atoms with E-state index < -0.39 is 0 Å². The van der Waals surface area contributed by atoms with E-state index in [1.807, 2.05) is 54.3 Å². The lowest BCUT2D eigenvalue weighted by atomic mass is 9.71. The largest absolute Gasteiger partial charge is 0.359 e. The summed E-state index contributed by atoms with van der Waals surface area (Å²) in [6.07, 6.45) is 0.432. The fourth-order valence-corrected chi connectivity index (χ4v) is 4.86. The van der Waals surface area contributed by atoms with Gasteiger partial charge >= 0.3 is 0 Å². The maximum absolute atomic E-state index is 12.8. The summed E-state index contributed by atoms with van der Waals surface area (Å²) in [5.41, 5.74) is 3.36. The first-order chi connectivity index (χ1) is 14.0. The van der Waals surface area contributed by atoms with Crippen LogP contribution in [-0.2, 0) is 22.6 Å². The molecule has 1 N–H and O–H groups in total. The van der Waals surface area contributed by atoms with Gasteiger partial charge in [-0.15, -0.1) is 0 Å². The number of carbonyl (C=O) groups is 2. The molecule has 2 fully saturated rings. The molecule has 5 heteroatoms. The van der Waals surface area contributed by atoms with Crippen LogP contribution in [0.4, 0.5) is 0 Å². The number of hydrogen-bond donors (Lipinski definition) is 1. The van der Waals surface area contributed by atoms with E-state index in [0.717, 1.165) is 30.8 Å². The molecule has 2 amide bonds. The highest BCUT2D eigenvalue weighted by Gasteiger charge is 2.57. The molecule has 29 heavy (non-hydrogen) atoms. The Hall–Kier alpha value is -2.66. The minimum absolute atomic E-state index is 0.0706. The van der Waals surface area contributed by atoms with Crippen molar-refractivity contribution in [2.45, 2.75) is 19.9 Å². The molecule has 2 heterocycles. The summed E-state index contributed by atoms with van der Waals surface area (Å²) in [5.74, 6) is 0.173. The zero-order chi connectivity index (χ0) is 20.4. The number of carbonyl (C=O) groups excluding carboxylic acids is 2. The van der Waals surface area contributed by atoms with Gasteiger partial charge in [-0.2, -0.15) is 0 Å². The van der Waals surface area contributed by atoms with Crippen molar-refractivity contribution in [3.05, 3.63) is 71.3 Å². The molecule has 1 atom stereocenters. The zero-order valence-electron chi connectivity index (χ0n) is 17.2. The summed E-state index contributed by atoms with van der Waals surface area (Å²) in [6, 6.07) is 18.4. The van der Waals surface area contributed by atoms with Gasteiger partial charge in [-0.25, -0.2) is 0 Å². The Morgan fingerprint density at radius 1 is 1.03 bits per heavy atom. The highest BCUT2D eigenvalue weighted by atomic mass is 16.2. The predicted molar refractivity (Wildman–Crippen MR) is 113 cm³/mol. The molecule has 1 spiro atoms. The number of aryl methyl sites for hydroxylation is 1.